The minimum absolute atomic E-state index is 0.345. The van der Waals surface area contributed by atoms with Gasteiger partial charge in [-0.2, -0.15) is 0 Å². The van der Waals surface area contributed by atoms with E-state index in [0.29, 0.717) is 26.4 Å². The molecule has 136 valence electrons. The van der Waals surface area contributed by atoms with E-state index in [1.54, 1.807) is 0 Å². The molecule has 0 unspecified atom stereocenters. The molecule has 0 atom stereocenters. The van der Waals surface area contributed by atoms with Gasteiger partial charge in [0, 0.05) is 19.6 Å². The van der Waals surface area contributed by atoms with E-state index in [9.17, 15) is 0 Å². The number of ether oxygens (including phenoxy) is 2. The van der Waals surface area contributed by atoms with Crippen molar-refractivity contribution in [1.29, 1.82) is 0 Å². The normalized spacial score (nSPS) is 12.0. The molecule has 0 N–H and O–H groups in total. The second-order valence-corrected chi connectivity index (χ2v) is 5.75. The summed E-state index contributed by atoms with van der Waals surface area (Å²) in [5, 5.41) is 0. The van der Waals surface area contributed by atoms with Gasteiger partial charge in [0.05, 0.1) is 19.8 Å². The minimum Gasteiger partial charge on any atom is -0.378 e. The van der Waals surface area contributed by atoms with E-state index in [-0.39, 0.29) is 0 Å². The first-order chi connectivity index (χ1) is 12.3. The molecule has 3 nitrogen and oxygen atoms in total. The van der Waals surface area contributed by atoms with Gasteiger partial charge in [-0.1, -0.05) is 61.4 Å². The molecule has 1 rings (SSSR count). The molecule has 0 amide bonds. The number of allylic oxidation sites excluding steroid dienone is 2. The van der Waals surface area contributed by atoms with Gasteiger partial charge in [0.2, 0.25) is 0 Å². The van der Waals surface area contributed by atoms with Crippen LogP contribution in [0.5, 0.6) is 0 Å². The Balaban J connectivity index is 2.52. The fraction of sp³-hybridized carbons (Fsp3) is 0.455. The molecule has 0 saturated heterocycles. The maximum absolute atomic E-state index is 5.68. The SMILES string of the molecule is C#CCOCCOCCN(CC(/C=C\C)=C/CC)Cc1ccccc1. The predicted molar refractivity (Wildman–Crippen MR) is 105 cm³/mol. The smallest absolute Gasteiger partial charge is 0.107 e. The Morgan fingerprint density at radius 1 is 1.16 bits per heavy atom. The van der Waals surface area contributed by atoms with Gasteiger partial charge in [0.1, 0.15) is 6.61 Å². The zero-order chi connectivity index (χ0) is 18.2. The highest BCUT2D eigenvalue weighted by atomic mass is 16.5. The van der Waals surface area contributed by atoms with Crippen molar-refractivity contribution in [2.24, 2.45) is 0 Å². The molecule has 1 aromatic rings. The maximum atomic E-state index is 5.68. The lowest BCUT2D eigenvalue weighted by molar-refractivity contribution is 0.0490. The second-order valence-electron chi connectivity index (χ2n) is 5.75. The zero-order valence-corrected chi connectivity index (χ0v) is 15.6. The minimum atomic E-state index is 0.345. The van der Waals surface area contributed by atoms with Crippen molar-refractivity contribution < 1.29 is 9.47 Å². The Bertz CT molecular complexity index is 543. The van der Waals surface area contributed by atoms with Crippen molar-refractivity contribution in [3.05, 3.63) is 59.7 Å². The quantitative estimate of drug-likeness (QED) is 0.307. The van der Waals surface area contributed by atoms with E-state index in [4.69, 9.17) is 15.9 Å². The van der Waals surface area contributed by atoms with E-state index >= 15 is 0 Å². The summed E-state index contributed by atoms with van der Waals surface area (Å²) in [6.07, 6.45) is 12.8. The molecule has 0 heterocycles. The monoisotopic (exact) mass is 341 g/mol. The van der Waals surface area contributed by atoms with Gasteiger partial charge in [-0.3, -0.25) is 4.90 Å². The highest BCUT2D eigenvalue weighted by Gasteiger charge is 2.08. The zero-order valence-electron chi connectivity index (χ0n) is 15.6. The number of benzene rings is 1. The molecule has 0 fully saturated rings. The summed E-state index contributed by atoms with van der Waals surface area (Å²) in [7, 11) is 0. The first-order valence-corrected chi connectivity index (χ1v) is 8.97. The molecule has 0 bridgehead atoms. The molecule has 0 radical (unpaired) electrons. The summed E-state index contributed by atoms with van der Waals surface area (Å²) in [5.74, 6) is 2.45. The average molecular weight is 341 g/mol. The molecule has 0 aromatic heterocycles. The number of terminal acetylenes is 1. The molecule has 0 spiro atoms. The third-order valence-electron chi connectivity index (χ3n) is 3.61. The van der Waals surface area contributed by atoms with E-state index in [1.807, 2.05) is 0 Å². The number of hydrogen-bond acceptors (Lipinski definition) is 3. The lowest BCUT2D eigenvalue weighted by Crippen LogP contribution is -2.29. The van der Waals surface area contributed by atoms with Gasteiger partial charge in [-0.05, 0) is 24.5 Å². The number of rotatable bonds is 13. The Kier molecular flexibility index (Phi) is 12.3. The van der Waals surface area contributed by atoms with E-state index in [0.717, 1.165) is 26.1 Å². The Labute approximate surface area is 153 Å². The van der Waals surface area contributed by atoms with Gasteiger partial charge in [-0.15, -0.1) is 6.42 Å². The van der Waals surface area contributed by atoms with Crippen molar-refractivity contribution in [3.63, 3.8) is 0 Å². The lowest BCUT2D eigenvalue weighted by atomic mass is 10.1. The standard InChI is InChI=1S/C22H31NO2/c1-4-10-21(11-5-2)19-23(20-22-12-8-7-9-13-22)14-16-25-18-17-24-15-6-3/h3-4,7-13H,5,14-20H2,1-2H3/b10-4-,21-11+. The van der Waals surface area contributed by atoms with Crippen LogP contribution in [-0.2, 0) is 16.0 Å². The van der Waals surface area contributed by atoms with Gasteiger partial charge in [0.25, 0.3) is 0 Å². The highest BCUT2D eigenvalue weighted by molar-refractivity contribution is 5.21. The van der Waals surface area contributed by atoms with Crippen LogP contribution in [0.4, 0.5) is 0 Å². The number of hydrogen-bond donors (Lipinski definition) is 0. The summed E-state index contributed by atoms with van der Waals surface area (Å²) in [6, 6.07) is 10.6. The lowest BCUT2D eigenvalue weighted by Gasteiger charge is -2.23. The molecular formula is C22H31NO2. The van der Waals surface area contributed by atoms with Crippen LogP contribution in [0.1, 0.15) is 25.8 Å². The Hall–Kier alpha value is -1.86. The summed E-state index contributed by atoms with van der Waals surface area (Å²) in [4.78, 5) is 2.42. The van der Waals surface area contributed by atoms with E-state index < -0.39 is 0 Å². The molecule has 0 aliphatic rings. The number of nitrogens with zero attached hydrogens (tertiary/aromatic N) is 1. The average Bonchev–Trinajstić information content (AvgIpc) is 2.62. The maximum Gasteiger partial charge on any atom is 0.107 e. The van der Waals surface area contributed by atoms with E-state index in [1.165, 1.54) is 11.1 Å². The Morgan fingerprint density at radius 3 is 2.60 bits per heavy atom. The molecule has 1 aromatic carbocycles. The van der Waals surface area contributed by atoms with Crippen molar-refractivity contribution in [3.8, 4) is 12.3 Å². The fourth-order valence-electron chi connectivity index (χ4n) is 2.52. The van der Waals surface area contributed by atoms with Crippen LogP contribution >= 0.6 is 0 Å². The van der Waals surface area contributed by atoms with Gasteiger partial charge >= 0.3 is 0 Å². The third kappa shape index (κ3) is 10.6. The summed E-state index contributed by atoms with van der Waals surface area (Å²) in [6.45, 7) is 9.09. The fourth-order valence-corrected chi connectivity index (χ4v) is 2.52. The van der Waals surface area contributed by atoms with Crippen LogP contribution in [-0.4, -0.2) is 44.4 Å². The largest absolute Gasteiger partial charge is 0.378 e. The molecule has 0 saturated carbocycles. The summed E-state index contributed by atoms with van der Waals surface area (Å²) in [5.41, 5.74) is 2.66. The first-order valence-electron chi connectivity index (χ1n) is 8.97. The molecule has 25 heavy (non-hydrogen) atoms. The van der Waals surface area contributed by atoms with Crippen molar-refractivity contribution in [2.45, 2.75) is 26.8 Å². The van der Waals surface area contributed by atoms with Crippen LogP contribution in [0.15, 0.2) is 54.1 Å². The summed E-state index contributed by atoms with van der Waals surface area (Å²) >= 11 is 0. The van der Waals surface area contributed by atoms with Gasteiger partial charge < -0.3 is 9.47 Å². The van der Waals surface area contributed by atoms with Crippen molar-refractivity contribution >= 4 is 0 Å². The third-order valence-corrected chi connectivity index (χ3v) is 3.61. The van der Waals surface area contributed by atoms with Gasteiger partial charge in [0.15, 0.2) is 0 Å². The van der Waals surface area contributed by atoms with Crippen LogP contribution in [0.3, 0.4) is 0 Å². The van der Waals surface area contributed by atoms with Crippen molar-refractivity contribution in [2.75, 3.05) is 39.5 Å². The highest BCUT2D eigenvalue weighted by Crippen LogP contribution is 2.09. The van der Waals surface area contributed by atoms with E-state index in [2.05, 4.69) is 73.2 Å². The molecule has 0 aliphatic heterocycles. The predicted octanol–water partition coefficient (Wildman–Crippen LogP) is 4.07. The molecule has 3 heteroatoms. The van der Waals surface area contributed by atoms with Crippen molar-refractivity contribution in [1.82, 2.24) is 4.90 Å². The second kappa shape index (κ2) is 14.5. The topological polar surface area (TPSA) is 21.7 Å². The molecular weight excluding hydrogens is 310 g/mol. The molecule has 0 aliphatic carbocycles. The van der Waals surface area contributed by atoms with Crippen LogP contribution in [0.2, 0.25) is 0 Å². The van der Waals surface area contributed by atoms with Crippen LogP contribution < -0.4 is 0 Å². The van der Waals surface area contributed by atoms with Crippen LogP contribution in [0, 0.1) is 12.3 Å². The summed E-state index contributed by atoms with van der Waals surface area (Å²) < 4.78 is 10.9. The van der Waals surface area contributed by atoms with Crippen LogP contribution in [0.25, 0.3) is 0 Å². The Morgan fingerprint density at radius 2 is 1.92 bits per heavy atom. The van der Waals surface area contributed by atoms with Gasteiger partial charge in [-0.25, -0.2) is 0 Å². The first kappa shape index (κ1) is 21.2.